The van der Waals surface area contributed by atoms with Crippen LogP contribution < -0.4 is 4.89 Å². The molecule has 298 valence electrons. The first kappa shape index (κ1) is 49.5. The zero-order valence-electron chi connectivity index (χ0n) is 32.6. The van der Waals surface area contributed by atoms with Gasteiger partial charge in [0.05, 0.1) is 6.61 Å². The van der Waals surface area contributed by atoms with Crippen LogP contribution in [0.15, 0.2) is 72.9 Å². The van der Waals surface area contributed by atoms with Crippen molar-refractivity contribution >= 4 is 19.8 Å². The Bertz CT molecular complexity index is 1070. The van der Waals surface area contributed by atoms with Gasteiger partial charge in [0.2, 0.25) is 0 Å². The van der Waals surface area contributed by atoms with Crippen molar-refractivity contribution in [2.75, 3.05) is 13.2 Å². The number of hydrogen-bond donors (Lipinski definition) is 1. The summed E-state index contributed by atoms with van der Waals surface area (Å²) in [6.45, 7) is 3.41. The van der Waals surface area contributed by atoms with Gasteiger partial charge in [-0.1, -0.05) is 177 Å². The molecule has 0 spiro atoms. The molecule has 2 atom stereocenters. The summed E-state index contributed by atoms with van der Waals surface area (Å²) >= 11 is 0. The second-order valence-corrected chi connectivity index (χ2v) is 14.4. The molecule has 0 fully saturated rings. The molecule has 0 aromatic carbocycles. The summed E-state index contributed by atoms with van der Waals surface area (Å²) in [4.78, 5) is 44.6. The number of esters is 2. The van der Waals surface area contributed by atoms with E-state index in [9.17, 15) is 19.0 Å². The van der Waals surface area contributed by atoms with Crippen LogP contribution in [-0.4, -0.2) is 36.1 Å². The summed E-state index contributed by atoms with van der Waals surface area (Å²) in [6.07, 6.45) is 49.0. The van der Waals surface area contributed by atoms with Crippen molar-refractivity contribution in [2.24, 2.45) is 0 Å². The van der Waals surface area contributed by atoms with E-state index in [2.05, 4.69) is 79.1 Å². The minimum absolute atomic E-state index is 0.0693. The zero-order valence-corrected chi connectivity index (χ0v) is 33.5. The van der Waals surface area contributed by atoms with E-state index >= 15 is 0 Å². The quantitative estimate of drug-likeness (QED) is 0.0291. The molecule has 0 radical (unpaired) electrons. The van der Waals surface area contributed by atoms with Crippen molar-refractivity contribution in [3.8, 4) is 0 Å². The van der Waals surface area contributed by atoms with E-state index in [4.69, 9.17) is 14.4 Å². The van der Waals surface area contributed by atoms with E-state index in [-0.39, 0.29) is 19.4 Å². The molecule has 0 aliphatic rings. The fourth-order valence-electron chi connectivity index (χ4n) is 5.28. The number of rotatable bonds is 36. The van der Waals surface area contributed by atoms with Crippen molar-refractivity contribution in [3.05, 3.63) is 72.9 Å². The Morgan fingerprint density at radius 1 is 0.558 bits per heavy atom. The molecule has 0 aromatic heterocycles. The zero-order chi connectivity index (χ0) is 38.2. The maximum absolute atomic E-state index is 12.3. The van der Waals surface area contributed by atoms with Crippen LogP contribution in [-0.2, 0) is 28.2 Å². The standard InChI is InChI=1S/C43H73O8P/c1-3-5-7-9-11-13-15-17-19-20-21-22-24-26-28-30-32-34-36-38-43(45)51-41(40-50-52(46,47)48)39-49-42(44)37-35-33-31-29-27-25-23-18-16-14-12-10-8-6-4-2/h5,7,11,13,17,19,21-22,26,28,32,34,41H,3-4,6,8-10,12,14-16,18,20,23-25,27,29-31,33,35-40H2,1-2H3,(H2,46,47,48)/p-1/b7-5-,13-11-,19-17-,22-21-,28-26-,34-32-/t41-/m1/s1. The first-order valence-corrected chi connectivity index (χ1v) is 21.7. The third-order valence-electron chi connectivity index (χ3n) is 8.25. The molecule has 52 heavy (non-hydrogen) atoms. The molecule has 0 aliphatic heterocycles. The van der Waals surface area contributed by atoms with E-state index in [1.54, 1.807) is 0 Å². The molecule has 0 saturated carbocycles. The summed E-state index contributed by atoms with van der Waals surface area (Å²) < 4.78 is 26.0. The van der Waals surface area contributed by atoms with Crippen LogP contribution in [0.25, 0.3) is 0 Å². The highest BCUT2D eigenvalue weighted by atomic mass is 31.2. The molecule has 8 nitrogen and oxygen atoms in total. The molecular formula is C43H72O8P-. The van der Waals surface area contributed by atoms with Gasteiger partial charge in [0.25, 0.3) is 7.82 Å². The van der Waals surface area contributed by atoms with E-state index in [1.165, 1.54) is 70.6 Å². The molecule has 1 N–H and O–H groups in total. The highest BCUT2D eigenvalue weighted by Gasteiger charge is 2.19. The number of carbonyl (C=O) groups excluding carboxylic acids is 2. The fraction of sp³-hybridized carbons (Fsp3) is 0.674. The second-order valence-electron chi connectivity index (χ2n) is 13.2. The number of hydrogen-bond acceptors (Lipinski definition) is 7. The van der Waals surface area contributed by atoms with Crippen LogP contribution in [0.5, 0.6) is 0 Å². The molecule has 0 saturated heterocycles. The van der Waals surface area contributed by atoms with E-state index in [0.717, 1.165) is 57.8 Å². The smallest absolute Gasteiger partial charge is 0.306 e. The third-order valence-corrected chi connectivity index (χ3v) is 8.72. The average Bonchev–Trinajstić information content (AvgIpc) is 3.11. The number of carbonyl (C=O) groups is 2. The lowest BCUT2D eigenvalue weighted by Gasteiger charge is -2.21. The molecule has 0 aliphatic carbocycles. The first-order valence-electron chi connectivity index (χ1n) is 20.2. The van der Waals surface area contributed by atoms with Gasteiger partial charge in [-0.3, -0.25) is 14.2 Å². The summed E-state index contributed by atoms with van der Waals surface area (Å²) in [7, 11) is -5.02. The lowest BCUT2D eigenvalue weighted by atomic mass is 10.0. The van der Waals surface area contributed by atoms with Crippen LogP contribution >= 0.6 is 7.82 Å². The van der Waals surface area contributed by atoms with Gasteiger partial charge >= 0.3 is 11.9 Å². The van der Waals surface area contributed by atoms with Gasteiger partial charge in [-0.2, -0.15) is 0 Å². The highest BCUT2D eigenvalue weighted by molar-refractivity contribution is 7.44. The van der Waals surface area contributed by atoms with Crippen molar-refractivity contribution in [2.45, 2.75) is 174 Å². The number of phosphoric ester groups is 1. The molecule has 0 amide bonds. The van der Waals surface area contributed by atoms with Gasteiger partial charge in [0.15, 0.2) is 6.10 Å². The minimum atomic E-state index is -5.02. The Hall–Kier alpha value is -2.51. The van der Waals surface area contributed by atoms with Crippen molar-refractivity contribution < 1.29 is 37.9 Å². The first-order chi connectivity index (χ1) is 25.3. The van der Waals surface area contributed by atoms with Crippen LogP contribution in [0.3, 0.4) is 0 Å². The molecule has 0 aromatic rings. The number of ether oxygens (including phenoxy) is 2. The Labute approximate surface area is 317 Å². The molecule has 0 bridgehead atoms. The van der Waals surface area contributed by atoms with Crippen LogP contribution in [0.2, 0.25) is 0 Å². The van der Waals surface area contributed by atoms with Gasteiger partial charge in [-0.15, -0.1) is 0 Å². The predicted molar refractivity (Wildman–Crippen MR) is 214 cm³/mol. The van der Waals surface area contributed by atoms with Crippen LogP contribution in [0, 0.1) is 0 Å². The molecular weight excluding hydrogens is 675 g/mol. The van der Waals surface area contributed by atoms with Crippen molar-refractivity contribution in [1.29, 1.82) is 0 Å². The monoisotopic (exact) mass is 747 g/mol. The maximum atomic E-state index is 12.3. The third kappa shape index (κ3) is 40.3. The minimum Gasteiger partial charge on any atom is -0.756 e. The molecule has 9 heteroatoms. The normalized spacial score (nSPS) is 14.2. The number of unbranched alkanes of at least 4 members (excludes halogenated alkanes) is 14. The van der Waals surface area contributed by atoms with Gasteiger partial charge in [-0.05, 0) is 51.4 Å². The topological polar surface area (TPSA) is 122 Å². The Morgan fingerprint density at radius 2 is 0.962 bits per heavy atom. The summed E-state index contributed by atoms with van der Waals surface area (Å²) in [5.74, 6) is -1.02. The Morgan fingerprint density at radius 3 is 1.38 bits per heavy atom. The van der Waals surface area contributed by atoms with Gasteiger partial charge < -0.3 is 23.8 Å². The average molecular weight is 748 g/mol. The highest BCUT2D eigenvalue weighted by Crippen LogP contribution is 2.30. The summed E-state index contributed by atoms with van der Waals surface area (Å²) in [6, 6.07) is 0. The molecule has 0 heterocycles. The Kier molecular flexibility index (Phi) is 36.4. The fourth-order valence-corrected chi connectivity index (χ4v) is 5.63. The maximum Gasteiger partial charge on any atom is 0.306 e. The largest absolute Gasteiger partial charge is 0.756 e. The van der Waals surface area contributed by atoms with Gasteiger partial charge in [0.1, 0.15) is 6.61 Å². The van der Waals surface area contributed by atoms with Crippen molar-refractivity contribution in [1.82, 2.24) is 0 Å². The Balaban J connectivity index is 4.08. The van der Waals surface area contributed by atoms with E-state index in [0.29, 0.717) is 12.8 Å². The van der Waals surface area contributed by atoms with E-state index in [1.807, 2.05) is 12.2 Å². The number of allylic oxidation sites excluding steroid dienone is 12. The lowest BCUT2D eigenvalue weighted by Crippen LogP contribution is -2.30. The SMILES string of the molecule is CC/C=C\C/C=C\C/C=C\C/C=C\C/C=C\C/C=C\CCC(=O)O[C@H](COC(=O)CCCCCCCCCCCCCCCCC)COP(=O)([O-])O. The van der Waals surface area contributed by atoms with E-state index < -0.39 is 32.5 Å². The summed E-state index contributed by atoms with van der Waals surface area (Å²) in [5, 5.41) is 0. The van der Waals surface area contributed by atoms with Crippen LogP contribution in [0.4, 0.5) is 0 Å². The van der Waals surface area contributed by atoms with Crippen LogP contribution in [0.1, 0.15) is 168 Å². The molecule has 1 unspecified atom stereocenters. The molecule has 0 rings (SSSR count). The second kappa shape index (κ2) is 38.2. The lowest BCUT2D eigenvalue weighted by molar-refractivity contribution is -0.223. The van der Waals surface area contributed by atoms with Gasteiger partial charge in [-0.25, -0.2) is 0 Å². The summed E-state index contributed by atoms with van der Waals surface area (Å²) in [5.41, 5.74) is 0. The number of phosphoric acid groups is 1. The van der Waals surface area contributed by atoms with Gasteiger partial charge in [0, 0.05) is 12.8 Å². The predicted octanol–water partition coefficient (Wildman–Crippen LogP) is 11.7. The van der Waals surface area contributed by atoms with Crippen molar-refractivity contribution in [3.63, 3.8) is 0 Å².